The molecule has 2 fully saturated rings. The van der Waals surface area contributed by atoms with Crippen molar-refractivity contribution in [2.45, 2.75) is 57.4 Å². The van der Waals surface area contributed by atoms with E-state index in [0.29, 0.717) is 17.9 Å². The summed E-state index contributed by atoms with van der Waals surface area (Å²) < 4.78 is 0. The zero-order valence-electron chi connectivity index (χ0n) is 10.0. The van der Waals surface area contributed by atoms with Gasteiger partial charge in [-0.1, -0.05) is 12.8 Å². The number of carbonyl (C=O) groups excluding carboxylic acids is 1. The number of likely N-dealkylation sites (tertiary alicyclic amines) is 1. The van der Waals surface area contributed by atoms with Crippen LogP contribution in [0.3, 0.4) is 0 Å². The Morgan fingerprint density at radius 1 is 1.19 bits per heavy atom. The fourth-order valence-electron chi connectivity index (χ4n) is 3.16. The Kier molecular flexibility index (Phi) is 4.22. The van der Waals surface area contributed by atoms with Crippen LogP contribution in [0.1, 0.15) is 51.4 Å². The molecule has 3 heteroatoms. The van der Waals surface area contributed by atoms with Gasteiger partial charge in [-0.25, -0.2) is 0 Å². The monoisotopic (exact) mass is 225 g/mol. The van der Waals surface area contributed by atoms with Crippen molar-refractivity contribution in [1.82, 2.24) is 4.90 Å². The van der Waals surface area contributed by atoms with Crippen LogP contribution in [0.4, 0.5) is 0 Å². The lowest BCUT2D eigenvalue weighted by Crippen LogP contribution is -2.39. The standard InChI is InChI=1S/C13H23NO2/c15-10-4-8-12-7-3-9-14(12)13(16)11-5-1-2-6-11/h11-12,15H,1-10H2. The lowest BCUT2D eigenvalue weighted by Gasteiger charge is -2.27. The topological polar surface area (TPSA) is 40.5 Å². The number of hydrogen-bond donors (Lipinski definition) is 1. The van der Waals surface area contributed by atoms with Gasteiger partial charge in [0, 0.05) is 25.1 Å². The van der Waals surface area contributed by atoms with E-state index >= 15 is 0 Å². The fourth-order valence-corrected chi connectivity index (χ4v) is 3.16. The van der Waals surface area contributed by atoms with E-state index in [1.807, 2.05) is 0 Å². The SMILES string of the molecule is O=C(C1CCCC1)N1CCCC1CCCO. The van der Waals surface area contributed by atoms with Crippen LogP contribution in [0, 0.1) is 5.92 Å². The quantitative estimate of drug-likeness (QED) is 0.794. The molecule has 0 spiro atoms. The van der Waals surface area contributed by atoms with Crippen LogP contribution in [-0.4, -0.2) is 35.1 Å². The Balaban J connectivity index is 1.88. The zero-order chi connectivity index (χ0) is 11.4. The average Bonchev–Trinajstić information content (AvgIpc) is 2.96. The number of carbonyl (C=O) groups is 1. The maximum Gasteiger partial charge on any atom is 0.225 e. The highest BCUT2D eigenvalue weighted by atomic mass is 16.3. The van der Waals surface area contributed by atoms with Gasteiger partial charge in [-0.3, -0.25) is 4.79 Å². The Bertz CT molecular complexity index is 236. The molecule has 1 amide bonds. The molecule has 0 aromatic rings. The molecule has 1 saturated heterocycles. The van der Waals surface area contributed by atoms with Crippen LogP contribution in [0.2, 0.25) is 0 Å². The zero-order valence-corrected chi connectivity index (χ0v) is 10.0. The molecule has 0 bridgehead atoms. The average molecular weight is 225 g/mol. The number of aliphatic hydroxyl groups excluding tert-OH is 1. The summed E-state index contributed by atoms with van der Waals surface area (Å²) in [5.41, 5.74) is 0. The lowest BCUT2D eigenvalue weighted by molar-refractivity contribution is -0.136. The van der Waals surface area contributed by atoms with Gasteiger partial charge in [0.15, 0.2) is 0 Å². The van der Waals surface area contributed by atoms with Crippen LogP contribution in [-0.2, 0) is 4.79 Å². The number of amides is 1. The maximum atomic E-state index is 12.3. The molecule has 0 aromatic heterocycles. The Hall–Kier alpha value is -0.570. The van der Waals surface area contributed by atoms with E-state index in [2.05, 4.69) is 4.90 Å². The highest BCUT2D eigenvalue weighted by Crippen LogP contribution is 2.30. The molecule has 1 heterocycles. The van der Waals surface area contributed by atoms with Gasteiger partial charge in [-0.05, 0) is 38.5 Å². The molecule has 1 aliphatic heterocycles. The van der Waals surface area contributed by atoms with E-state index in [1.165, 1.54) is 12.8 Å². The van der Waals surface area contributed by atoms with Gasteiger partial charge in [0.1, 0.15) is 0 Å². The molecule has 1 aliphatic carbocycles. The molecule has 1 unspecified atom stereocenters. The smallest absolute Gasteiger partial charge is 0.225 e. The summed E-state index contributed by atoms with van der Waals surface area (Å²) in [7, 11) is 0. The molecule has 1 saturated carbocycles. The third-order valence-electron chi connectivity index (χ3n) is 4.06. The van der Waals surface area contributed by atoms with E-state index in [9.17, 15) is 4.79 Å². The highest BCUT2D eigenvalue weighted by molar-refractivity contribution is 5.79. The lowest BCUT2D eigenvalue weighted by atomic mass is 10.0. The minimum absolute atomic E-state index is 0.252. The van der Waals surface area contributed by atoms with Gasteiger partial charge in [-0.15, -0.1) is 0 Å². The van der Waals surface area contributed by atoms with E-state index in [0.717, 1.165) is 45.1 Å². The van der Waals surface area contributed by atoms with Crippen molar-refractivity contribution < 1.29 is 9.90 Å². The van der Waals surface area contributed by atoms with Crippen LogP contribution in [0.5, 0.6) is 0 Å². The number of rotatable bonds is 4. The van der Waals surface area contributed by atoms with E-state index < -0.39 is 0 Å². The summed E-state index contributed by atoms with van der Waals surface area (Å²) in [6.45, 7) is 1.20. The fraction of sp³-hybridized carbons (Fsp3) is 0.923. The second-order valence-electron chi connectivity index (χ2n) is 5.17. The minimum atomic E-state index is 0.252. The number of hydrogen-bond acceptors (Lipinski definition) is 2. The minimum Gasteiger partial charge on any atom is -0.396 e. The van der Waals surface area contributed by atoms with Crippen LogP contribution in [0.15, 0.2) is 0 Å². The second-order valence-corrected chi connectivity index (χ2v) is 5.17. The van der Waals surface area contributed by atoms with Gasteiger partial charge < -0.3 is 10.0 Å². The highest BCUT2D eigenvalue weighted by Gasteiger charge is 2.33. The van der Waals surface area contributed by atoms with Crippen LogP contribution >= 0.6 is 0 Å². The molecule has 92 valence electrons. The molecule has 16 heavy (non-hydrogen) atoms. The van der Waals surface area contributed by atoms with Crippen molar-refractivity contribution in [2.24, 2.45) is 5.92 Å². The first-order valence-corrected chi connectivity index (χ1v) is 6.74. The molecule has 1 N–H and O–H groups in total. The summed E-state index contributed by atoms with van der Waals surface area (Å²) in [5.74, 6) is 0.715. The molecule has 3 nitrogen and oxygen atoms in total. The normalized spacial score (nSPS) is 26.6. The number of nitrogens with zero attached hydrogens (tertiary/aromatic N) is 1. The van der Waals surface area contributed by atoms with Crippen molar-refractivity contribution in [3.8, 4) is 0 Å². The van der Waals surface area contributed by atoms with Gasteiger partial charge in [-0.2, -0.15) is 0 Å². The predicted octanol–water partition coefficient (Wildman–Crippen LogP) is 1.94. The molecular formula is C13H23NO2. The number of aliphatic hydroxyl groups is 1. The summed E-state index contributed by atoms with van der Waals surface area (Å²) in [6, 6.07) is 0.417. The van der Waals surface area contributed by atoms with Crippen molar-refractivity contribution in [1.29, 1.82) is 0 Å². The van der Waals surface area contributed by atoms with Gasteiger partial charge >= 0.3 is 0 Å². The Morgan fingerprint density at radius 3 is 2.62 bits per heavy atom. The first-order valence-electron chi connectivity index (χ1n) is 6.74. The molecule has 1 atom stereocenters. The van der Waals surface area contributed by atoms with Crippen molar-refractivity contribution in [2.75, 3.05) is 13.2 Å². The largest absolute Gasteiger partial charge is 0.396 e. The first-order chi connectivity index (χ1) is 7.83. The first kappa shape index (κ1) is 11.9. The van der Waals surface area contributed by atoms with Gasteiger partial charge in [0.2, 0.25) is 5.91 Å². The second kappa shape index (κ2) is 5.67. The molecule has 2 aliphatic rings. The molecule has 0 radical (unpaired) electrons. The van der Waals surface area contributed by atoms with Crippen molar-refractivity contribution in [3.63, 3.8) is 0 Å². The maximum absolute atomic E-state index is 12.3. The van der Waals surface area contributed by atoms with E-state index in [1.54, 1.807) is 0 Å². The Labute approximate surface area is 97.8 Å². The Morgan fingerprint density at radius 2 is 1.94 bits per heavy atom. The third kappa shape index (κ3) is 2.57. The third-order valence-corrected chi connectivity index (χ3v) is 4.06. The van der Waals surface area contributed by atoms with Gasteiger partial charge in [0.05, 0.1) is 0 Å². The predicted molar refractivity (Wildman–Crippen MR) is 63.0 cm³/mol. The molecule has 0 aromatic carbocycles. The van der Waals surface area contributed by atoms with Crippen LogP contribution < -0.4 is 0 Å². The molecule has 2 rings (SSSR count). The van der Waals surface area contributed by atoms with E-state index in [-0.39, 0.29) is 6.61 Å². The van der Waals surface area contributed by atoms with E-state index in [4.69, 9.17) is 5.11 Å². The summed E-state index contributed by atoms with van der Waals surface area (Å²) in [5, 5.41) is 8.86. The molecular weight excluding hydrogens is 202 g/mol. The summed E-state index contributed by atoms with van der Waals surface area (Å²) in [6.07, 6.45) is 8.75. The summed E-state index contributed by atoms with van der Waals surface area (Å²) >= 11 is 0. The van der Waals surface area contributed by atoms with Crippen LogP contribution in [0.25, 0.3) is 0 Å². The van der Waals surface area contributed by atoms with Crippen molar-refractivity contribution >= 4 is 5.91 Å². The van der Waals surface area contributed by atoms with Crippen molar-refractivity contribution in [3.05, 3.63) is 0 Å². The van der Waals surface area contributed by atoms with Gasteiger partial charge in [0.25, 0.3) is 0 Å². The summed E-state index contributed by atoms with van der Waals surface area (Å²) in [4.78, 5) is 14.4.